The fourth-order valence-electron chi connectivity index (χ4n) is 2.92. The number of anilines is 1. The lowest BCUT2D eigenvalue weighted by molar-refractivity contribution is 0.341. The smallest absolute Gasteiger partial charge is 0.248 e. The number of hydrogen-bond donors (Lipinski definition) is 1. The molecule has 1 unspecified atom stereocenters. The first-order valence-electron chi connectivity index (χ1n) is 7.69. The van der Waals surface area contributed by atoms with E-state index in [1.54, 1.807) is 8.99 Å². The number of sulfonamides is 1. The van der Waals surface area contributed by atoms with Crippen LogP contribution in [0.25, 0.3) is 0 Å². The molecular formula is C14H26N4O2S. The van der Waals surface area contributed by atoms with Crippen LogP contribution in [-0.2, 0) is 16.6 Å². The maximum Gasteiger partial charge on any atom is 0.248 e. The first kappa shape index (κ1) is 16.3. The Kier molecular flexibility index (Phi) is 4.93. The summed E-state index contributed by atoms with van der Waals surface area (Å²) in [4.78, 5) is 0.146. The fourth-order valence-corrected chi connectivity index (χ4v) is 4.47. The van der Waals surface area contributed by atoms with Crippen molar-refractivity contribution >= 4 is 15.8 Å². The number of rotatable bonds is 4. The van der Waals surface area contributed by atoms with Gasteiger partial charge in [-0.3, -0.25) is 4.68 Å². The molecule has 2 heterocycles. The van der Waals surface area contributed by atoms with Gasteiger partial charge in [-0.2, -0.15) is 9.40 Å². The summed E-state index contributed by atoms with van der Waals surface area (Å²) in [6.45, 7) is 8.07. The molecule has 0 saturated carbocycles. The lowest BCUT2D eigenvalue weighted by Crippen LogP contribution is -2.32. The predicted octanol–water partition coefficient (Wildman–Crippen LogP) is 1.93. The fraction of sp³-hybridized carbons (Fsp3) is 0.786. The van der Waals surface area contributed by atoms with Gasteiger partial charge in [-0.15, -0.1) is 0 Å². The molecule has 2 rings (SSSR count). The van der Waals surface area contributed by atoms with E-state index in [4.69, 9.17) is 5.73 Å². The maximum atomic E-state index is 12.8. The highest BCUT2D eigenvalue weighted by Crippen LogP contribution is 2.28. The van der Waals surface area contributed by atoms with Gasteiger partial charge in [0, 0.05) is 25.8 Å². The number of nitrogens with zero attached hydrogens (tertiary/aromatic N) is 3. The summed E-state index contributed by atoms with van der Waals surface area (Å²) in [5, 5.41) is 4.05. The second-order valence-electron chi connectivity index (χ2n) is 6.07. The molecule has 0 aliphatic carbocycles. The van der Waals surface area contributed by atoms with Gasteiger partial charge in [0.05, 0.1) is 0 Å². The van der Waals surface area contributed by atoms with Gasteiger partial charge < -0.3 is 5.73 Å². The van der Waals surface area contributed by atoms with Crippen LogP contribution >= 0.6 is 0 Å². The summed E-state index contributed by atoms with van der Waals surface area (Å²) in [5.74, 6) is 1.29. The van der Waals surface area contributed by atoms with Gasteiger partial charge in [0.1, 0.15) is 4.90 Å². The highest BCUT2D eigenvalue weighted by Gasteiger charge is 2.31. The van der Waals surface area contributed by atoms with Gasteiger partial charge in [-0.25, -0.2) is 8.42 Å². The highest BCUT2D eigenvalue weighted by atomic mass is 32.2. The van der Waals surface area contributed by atoms with Crippen molar-refractivity contribution in [3.8, 4) is 0 Å². The molecule has 1 fully saturated rings. The van der Waals surface area contributed by atoms with Crippen molar-refractivity contribution in [2.24, 2.45) is 11.8 Å². The molecule has 2 N–H and O–H groups in total. The zero-order valence-corrected chi connectivity index (χ0v) is 13.9. The summed E-state index contributed by atoms with van der Waals surface area (Å²) in [7, 11) is -3.53. The Morgan fingerprint density at radius 1 is 1.38 bits per heavy atom. The minimum absolute atomic E-state index is 0.0986. The van der Waals surface area contributed by atoms with Crippen LogP contribution in [0.15, 0.2) is 11.1 Å². The molecule has 6 nitrogen and oxygen atoms in total. The molecule has 1 saturated heterocycles. The maximum absolute atomic E-state index is 12.8. The second kappa shape index (κ2) is 6.36. The van der Waals surface area contributed by atoms with Crippen LogP contribution in [0.1, 0.15) is 40.0 Å². The quantitative estimate of drug-likeness (QED) is 0.920. The van der Waals surface area contributed by atoms with E-state index < -0.39 is 10.0 Å². The molecule has 1 aliphatic heterocycles. The largest absolute Gasteiger partial charge is 0.381 e. The molecular weight excluding hydrogens is 288 g/mol. The second-order valence-corrected chi connectivity index (χ2v) is 7.98. The van der Waals surface area contributed by atoms with Crippen LogP contribution in [0.2, 0.25) is 0 Å². The SMILES string of the molecule is CCn1cc(S(=O)(=O)N2CCCC(C(C)C)CC2)c(N)n1. The molecule has 21 heavy (non-hydrogen) atoms. The molecule has 120 valence electrons. The monoisotopic (exact) mass is 314 g/mol. The summed E-state index contributed by atoms with van der Waals surface area (Å²) in [5.41, 5.74) is 5.79. The Bertz CT molecular complexity index is 580. The molecule has 0 bridgehead atoms. The zero-order chi connectivity index (χ0) is 15.6. The average Bonchev–Trinajstić information content (AvgIpc) is 2.65. The molecule has 0 radical (unpaired) electrons. The third-order valence-electron chi connectivity index (χ3n) is 4.37. The van der Waals surface area contributed by atoms with E-state index in [9.17, 15) is 8.42 Å². The van der Waals surface area contributed by atoms with E-state index >= 15 is 0 Å². The van der Waals surface area contributed by atoms with Crippen LogP contribution in [0.5, 0.6) is 0 Å². The van der Waals surface area contributed by atoms with Gasteiger partial charge in [0.15, 0.2) is 5.82 Å². The molecule has 7 heteroatoms. The third kappa shape index (κ3) is 3.40. The third-order valence-corrected chi connectivity index (χ3v) is 6.29. The topological polar surface area (TPSA) is 81.2 Å². The summed E-state index contributed by atoms with van der Waals surface area (Å²) in [6.07, 6.45) is 4.45. The Morgan fingerprint density at radius 3 is 2.67 bits per heavy atom. The number of nitrogen functional groups attached to an aromatic ring is 1. The lowest BCUT2D eigenvalue weighted by atomic mass is 9.89. The van der Waals surface area contributed by atoms with E-state index in [0.29, 0.717) is 31.5 Å². The van der Waals surface area contributed by atoms with Gasteiger partial charge in [-0.05, 0) is 38.0 Å². The number of hydrogen-bond acceptors (Lipinski definition) is 4. The molecule has 0 amide bonds. The molecule has 1 aliphatic rings. The van der Waals surface area contributed by atoms with Gasteiger partial charge in [-0.1, -0.05) is 13.8 Å². The Balaban J connectivity index is 2.21. The van der Waals surface area contributed by atoms with E-state index in [0.717, 1.165) is 19.3 Å². The van der Waals surface area contributed by atoms with E-state index in [2.05, 4.69) is 18.9 Å². The van der Waals surface area contributed by atoms with Gasteiger partial charge >= 0.3 is 0 Å². The van der Waals surface area contributed by atoms with Crippen molar-refractivity contribution in [1.29, 1.82) is 0 Å². The van der Waals surface area contributed by atoms with Gasteiger partial charge in [0.2, 0.25) is 10.0 Å². The Morgan fingerprint density at radius 2 is 2.10 bits per heavy atom. The van der Waals surface area contributed by atoms with E-state index in [-0.39, 0.29) is 10.7 Å². The van der Waals surface area contributed by atoms with Crippen molar-refractivity contribution in [3.63, 3.8) is 0 Å². The summed E-state index contributed by atoms with van der Waals surface area (Å²) < 4.78 is 28.7. The first-order chi connectivity index (χ1) is 9.86. The minimum atomic E-state index is -3.53. The number of aryl methyl sites for hydroxylation is 1. The van der Waals surface area contributed by atoms with E-state index in [1.807, 2.05) is 6.92 Å². The molecule has 1 aromatic rings. The summed E-state index contributed by atoms with van der Waals surface area (Å²) >= 11 is 0. The van der Waals surface area contributed by atoms with Crippen molar-refractivity contribution in [2.45, 2.75) is 51.5 Å². The van der Waals surface area contributed by atoms with Crippen LogP contribution in [0, 0.1) is 11.8 Å². The van der Waals surface area contributed by atoms with Crippen molar-refractivity contribution in [2.75, 3.05) is 18.8 Å². The average molecular weight is 314 g/mol. The first-order valence-corrected chi connectivity index (χ1v) is 9.13. The highest BCUT2D eigenvalue weighted by molar-refractivity contribution is 7.89. The van der Waals surface area contributed by atoms with Crippen LogP contribution in [0.3, 0.4) is 0 Å². The summed E-state index contributed by atoms with van der Waals surface area (Å²) in [6, 6.07) is 0. The Hall–Kier alpha value is -1.08. The molecule has 1 aromatic heterocycles. The Labute approximate surface area is 127 Å². The van der Waals surface area contributed by atoms with Gasteiger partial charge in [0.25, 0.3) is 0 Å². The van der Waals surface area contributed by atoms with E-state index in [1.165, 1.54) is 6.20 Å². The van der Waals surface area contributed by atoms with Crippen LogP contribution < -0.4 is 5.73 Å². The lowest BCUT2D eigenvalue weighted by Gasteiger charge is -2.20. The van der Waals surface area contributed by atoms with Crippen molar-refractivity contribution in [3.05, 3.63) is 6.20 Å². The standard InChI is InChI=1S/C14H26N4O2S/c1-4-17-10-13(14(15)16-17)21(19,20)18-8-5-6-12(7-9-18)11(2)3/h10-12H,4-9H2,1-3H3,(H2,15,16). The predicted molar refractivity (Wildman–Crippen MR) is 83.3 cm³/mol. The number of nitrogens with two attached hydrogens (primary N) is 1. The van der Waals surface area contributed by atoms with Crippen molar-refractivity contribution < 1.29 is 8.42 Å². The van der Waals surface area contributed by atoms with Crippen molar-refractivity contribution in [1.82, 2.24) is 14.1 Å². The zero-order valence-electron chi connectivity index (χ0n) is 13.1. The van der Waals surface area contributed by atoms with Crippen LogP contribution in [-0.4, -0.2) is 35.6 Å². The normalized spacial score (nSPS) is 21.6. The molecule has 1 atom stereocenters. The molecule has 0 aromatic carbocycles. The number of aromatic nitrogens is 2. The minimum Gasteiger partial charge on any atom is -0.381 e. The molecule has 0 spiro atoms. The van der Waals surface area contributed by atoms with Crippen LogP contribution in [0.4, 0.5) is 5.82 Å².